The van der Waals surface area contributed by atoms with Crippen molar-refractivity contribution in [2.24, 2.45) is 5.84 Å². The summed E-state index contributed by atoms with van der Waals surface area (Å²) < 4.78 is 0. The van der Waals surface area contributed by atoms with Crippen LogP contribution in [0.5, 0.6) is 0 Å². The van der Waals surface area contributed by atoms with E-state index in [0.29, 0.717) is 11.6 Å². The maximum absolute atomic E-state index is 5.37. The second-order valence-electron chi connectivity index (χ2n) is 4.14. The number of anilines is 2. The van der Waals surface area contributed by atoms with Crippen molar-refractivity contribution >= 4 is 23.0 Å². The number of hydrazine groups is 1. The van der Waals surface area contributed by atoms with E-state index in [1.807, 2.05) is 6.92 Å². The third-order valence-electron chi connectivity index (χ3n) is 2.54. The Bertz CT molecular complexity index is 537. The molecule has 2 aromatic heterocycles. The largest absolute Gasteiger partial charge is 0.363 e. The molecule has 2 aromatic rings. The molecule has 96 valence electrons. The van der Waals surface area contributed by atoms with Gasteiger partial charge in [0.1, 0.15) is 17.5 Å². The van der Waals surface area contributed by atoms with Crippen LogP contribution in [0.1, 0.15) is 28.5 Å². The smallest absolute Gasteiger partial charge is 0.145 e. The lowest BCUT2D eigenvalue weighted by molar-refractivity contribution is 0.887. The molecule has 0 amide bonds. The van der Waals surface area contributed by atoms with Crippen LogP contribution in [0.3, 0.4) is 0 Å². The van der Waals surface area contributed by atoms with Gasteiger partial charge in [-0.15, -0.1) is 11.3 Å². The standard InChI is InChI=1S/C12H17N5S/c1-7-4-5-10(18-7)8(2)14-11-6-12(17-13)16-9(3)15-11/h4-6,8H,13H2,1-3H3,(H2,14,15,16,17). The summed E-state index contributed by atoms with van der Waals surface area (Å²) >= 11 is 1.78. The number of nitrogen functional groups attached to an aromatic ring is 1. The highest BCUT2D eigenvalue weighted by molar-refractivity contribution is 7.12. The van der Waals surface area contributed by atoms with Gasteiger partial charge in [-0.2, -0.15) is 0 Å². The molecule has 5 nitrogen and oxygen atoms in total. The van der Waals surface area contributed by atoms with Crippen LogP contribution < -0.4 is 16.6 Å². The molecular weight excluding hydrogens is 246 g/mol. The average molecular weight is 263 g/mol. The van der Waals surface area contributed by atoms with Gasteiger partial charge in [-0.1, -0.05) is 0 Å². The van der Waals surface area contributed by atoms with Gasteiger partial charge in [-0.25, -0.2) is 15.8 Å². The third-order valence-corrected chi connectivity index (χ3v) is 3.72. The number of rotatable bonds is 4. The zero-order valence-electron chi connectivity index (χ0n) is 10.7. The normalized spacial score (nSPS) is 12.2. The monoisotopic (exact) mass is 263 g/mol. The molecule has 0 fully saturated rings. The summed E-state index contributed by atoms with van der Waals surface area (Å²) in [7, 11) is 0. The summed E-state index contributed by atoms with van der Waals surface area (Å²) in [5.74, 6) is 7.43. The Morgan fingerprint density at radius 3 is 2.56 bits per heavy atom. The fourth-order valence-electron chi connectivity index (χ4n) is 1.69. The van der Waals surface area contributed by atoms with Gasteiger partial charge in [0.25, 0.3) is 0 Å². The first kappa shape index (κ1) is 12.8. The zero-order valence-corrected chi connectivity index (χ0v) is 11.5. The zero-order chi connectivity index (χ0) is 13.1. The van der Waals surface area contributed by atoms with Gasteiger partial charge < -0.3 is 10.7 Å². The van der Waals surface area contributed by atoms with Gasteiger partial charge in [-0.3, -0.25) is 0 Å². The van der Waals surface area contributed by atoms with Crippen molar-refractivity contribution in [3.8, 4) is 0 Å². The van der Waals surface area contributed by atoms with E-state index in [4.69, 9.17) is 5.84 Å². The quantitative estimate of drug-likeness (QED) is 0.584. The van der Waals surface area contributed by atoms with Crippen LogP contribution in [0.4, 0.5) is 11.6 Å². The highest BCUT2D eigenvalue weighted by atomic mass is 32.1. The van der Waals surface area contributed by atoms with Crippen molar-refractivity contribution in [2.75, 3.05) is 10.7 Å². The molecule has 4 N–H and O–H groups in total. The van der Waals surface area contributed by atoms with E-state index in [1.165, 1.54) is 9.75 Å². The van der Waals surface area contributed by atoms with E-state index < -0.39 is 0 Å². The summed E-state index contributed by atoms with van der Waals surface area (Å²) in [4.78, 5) is 11.1. The fourth-order valence-corrected chi connectivity index (χ4v) is 2.57. The molecule has 6 heteroatoms. The maximum Gasteiger partial charge on any atom is 0.145 e. The van der Waals surface area contributed by atoms with Gasteiger partial charge >= 0.3 is 0 Å². The number of nitrogens with zero attached hydrogens (tertiary/aromatic N) is 2. The number of nitrogens with two attached hydrogens (primary N) is 1. The van der Waals surface area contributed by atoms with Crippen molar-refractivity contribution < 1.29 is 0 Å². The molecule has 2 heterocycles. The Kier molecular flexibility index (Phi) is 3.78. The molecule has 0 saturated heterocycles. The van der Waals surface area contributed by atoms with Crippen molar-refractivity contribution in [1.82, 2.24) is 9.97 Å². The summed E-state index contributed by atoms with van der Waals surface area (Å²) in [5.41, 5.74) is 2.54. The van der Waals surface area contributed by atoms with Crippen LogP contribution in [-0.4, -0.2) is 9.97 Å². The minimum Gasteiger partial charge on any atom is -0.363 e. The Labute approximate surface area is 110 Å². The summed E-state index contributed by atoms with van der Waals surface area (Å²) in [6.45, 7) is 6.05. The highest BCUT2D eigenvalue weighted by Gasteiger charge is 2.09. The van der Waals surface area contributed by atoms with E-state index in [-0.39, 0.29) is 6.04 Å². The van der Waals surface area contributed by atoms with Crippen molar-refractivity contribution in [3.05, 3.63) is 33.8 Å². The van der Waals surface area contributed by atoms with Crippen molar-refractivity contribution in [2.45, 2.75) is 26.8 Å². The number of aryl methyl sites for hydroxylation is 2. The van der Waals surface area contributed by atoms with Crippen LogP contribution in [0, 0.1) is 13.8 Å². The van der Waals surface area contributed by atoms with E-state index in [0.717, 1.165) is 5.82 Å². The first-order valence-corrected chi connectivity index (χ1v) is 6.55. The predicted molar refractivity (Wildman–Crippen MR) is 75.7 cm³/mol. The first-order valence-electron chi connectivity index (χ1n) is 5.73. The van der Waals surface area contributed by atoms with E-state index >= 15 is 0 Å². The number of hydrogen-bond acceptors (Lipinski definition) is 6. The molecule has 0 spiro atoms. The third kappa shape index (κ3) is 2.96. The molecular formula is C12H17N5S. The lowest BCUT2D eigenvalue weighted by Crippen LogP contribution is -2.12. The summed E-state index contributed by atoms with van der Waals surface area (Å²) in [5, 5.41) is 3.35. The van der Waals surface area contributed by atoms with Crippen LogP contribution >= 0.6 is 11.3 Å². The lowest BCUT2D eigenvalue weighted by atomic mass is 10.2. The predicted octanol–water partition coefficient (Wildman–Crippen LogP) is 2.61. The molecule has 0 aliphatic carbocycles. The number of thiophene rings is 1. The first-order chi connectivity index (χ1) is 8.58. The Morgan fingerprint density at radius 1 is 1.22 bits per heavy atom. The molecule has 0 aliphatic heterocycles. The lowest BCUT2D eigenvalue weighted by Gasteiger charge is -2.14. The molecule has 1 atom stereocenters. The second kappa shape index (κ2) is 5.32. The Balaban J connectivity index is 2.16. The van der Waals surface area contributed by atoms with E-state index in [1.54, 1.807) is 17.4 Å². The van der Waals surface area contributed by atoms with Crippen LogP contribution in [0.25, 0.3) is 0 Å². The Morgan fingerprint density at radius 2 is 1.94 bits per heavy atom. The topological polar surface area (TPSA) is 75.9 Å². The van der Waals surface area contributed by atoms with E-state index in [9.17, 15) is 0 Å². The van der Waals surface area contributed by atoms with Crippen molar-refractivity contribution in [3.63, 3.8) is 0 Å². The van der Waals surface area contributed by atoms with Gasteiger partial charge in [0.2, 0.25) is 0 Å². The highest BCUT2D eigenvalue weighted by Crippen LogP contribution is 2.25. The minimum absolute atomic E-state index is 0.212. The molecule has 0 radical (unpaired) electrons. The molecule has 18 heavy (non-hydrogen) atoms. The molecule has 0 bridgehead atoms. The van der Waals surface area contributed by atoms with Crippen LogP contribution in [-0.2, 0) is 0 Å². The second-order valence-corrected chi connectivity index (χ2v) is 5.46. The van der Waals surface area contributed by atoms with Crippen LogP contribution in [0.2, 0.25) is 0 Å². The summed E-state index contributed by atoms with van der Waals surface area (Å²) in [6, 6.07) is 6.26. The number of aromatic nitrogens is 2. The van der Waals surface area contributed by atoms with E-state index in [2.05, 4.69) is 46.7 Å². The number of nitrogens with one attached hydrogen (secondary N) is 2. The van der Waals surface area contributed by atoms with Crippen molar-refractivity contribution in [1.29, 1.82) is 0 Å². The van der Waals surface area contributed by atoms with Crippen LogP contribution in [0.15, 0.2) is 18.2 Å². The fraction of sp³-hybridized carbons (Fsp3) is 0.333. The maximum atomic E-state index is 5.37. The molecule has 0 aliphatic rings. The van der Waals surface area contributed by atoms with Gasteiger partial charge in [0.05, 0.1) is 6.04 Å². The minimum atomic E-state index is 0.212. The molecule has 0 aromatic carbocycles. The Hall–Kier alpha value is -1.66. The molecule has 0 saturated carbocycles. The summed E-state index contributed by atoms with van der Waals surface area (Å²) in [6.07, 6.45) is 0. The molecule has 2 rings (SSSR count). The van der Waals surface area contributed by atoms with Gasteiger partial charge in [0.15, 0.2) is 0 Å². The molecule has 1 unspecified atom stereocenters. The average Bonchev–Trinajstić information content (AvgIpc) is 2.75. The van der Waals surface area contributed by atoms with Gasteiger partial charge in [0, 0.05) is 15.8 Å². The SMILES string of the molecule is Cc1nc(NN)cc(NC(C)c2ccc(C)s2)n1. The number of hydrogen-bond donors (Lipinski definition) is 3. The van der Waals surface area contributed by atoms with Gasteiger partial charge in [-0.05, 0) is 32.9 Å².